The monoisotopic (exact) mass is 301 g/mol. The van der Waals surface area contributed by atoms with Crippen LogP contribution in [0.5, 0.6) is 5.75 Å². The molecule has 1 aromatic rings. The Morgan fingerprint density at radius 3 is 2.75 bits per heavy atom. The number of aliphatic hydroxyl groups is 1. The van der Waals surface area contributed by atoms with E-state index in [1.807, 2.05) is 13.8 Å². The van der Waals surface area contributed by atoms with E-state index in [1.165, 1.54) is 11.5 Å². The van der Waals surface area contributed by atoms with Crippen LogP contribution in [0.15, 0.2) is 0 Å². The lowest BCUT2D eigenvalue weighted by atomic mass is 10.1. The van der Waals surface area contributed by atoms with Crippen molar-refractivity contribution in [3.63, 3.8) is 0 Å². The summed E-state index contributed by atoms with van der Waals surface area (Å²) in [5, 5.41) is 9.79. The topological polar surface area (TPSA) is 80.8 Å². The van der Waals surface area contributed by atoms with Gasteiger partial charge in [-0.3, -0.25) is 0 Å². The van der Waals surface area contributed by atoms with Crippen LogP contribution in [0.1, 0.15) is 26.7 Å². The van der Waals surface area contributed by atoms with E-state index in [0.29, 0.717) is 18.2 Å². The Kier molecular flexibility index (Phi) is 5.45. The van der Waals surface area contributed by atoms with Gasteiger partial charge in [-0.1, -0.05) is 0 Å². The fourth-order valence-corrected chi connectivity index (χ4v) is 3.08. The molecule has 0 bridgehead atoms. The van der Waals surface area contributed by atoms with Crippen molar-refractivity contribution in [2.45, 2.75) is 38.9 Å². The minimum absolute atomic E-state index is 0.0813. The predicted molar refractivity (Wildman–Crippen MR) is 80.6 cm³/mol. The van der Waals surface area contributed by atoms with Crippen molar-refractivity contribution >= 4 is 22.4 Å². The number of nitrogen functional groups attached to an aromatic ring is 1. The maximum absolute atomic E-state index is 8.78. The van der Waals surface area contributed by atoms with Crippen molar-refractivity contribution in [1.82, 2.24) is 4.37 Å². The van der Waals surface area contributed by atoms with Gasteiger partial charge in [0.05, 0.1) is 25.4 Å². The number of anilines is 2. The van der Waals surface area contributed by atoms with Gasteiger partial charge < -0.3 is 25.2 Å². The number of nitrogens with zero attached hydrogens (tertiary/aromatic N) is 2. The summed E-state index contributed by atoms with van der Waals surface area (Å²) in [6.07, 6.45) is 2.20. The van der Waals surface area contributed by atoms with Crippen LogP contribution < -0.4 is 15.4 Å². The van der Waals surface area contributed by atoms with Gasteiger partial charge in [-0.05, 0) is 38.2 Å². The van der Waals surface area contributed by atoms with E-state index in [-0.39, 0.29) is 18.8 Å². The zero-order chi connectivity index (χ0) is 14.5. The summed E-state index contributed by atoms with van der Waals surface area (Å²) in [7, 11) is 0. The molecule has 0 amide bonds. The molecule has 0 spiro atoms. The molecule has 2 rings (SSSR count). The van der Waals surface area contributed by atoms with E-state index in [4.69, 9.17) is 20.3 Å². The third kappa shape index (κ3) is 3.74. The van der Waals surface area contributed by atoms with Crippen LogP contribution in [0.3, 0.4) is 0 Å². The third-order valence-corrected chi connectivity index (χ3v) is 4.09. The van der Waals surface area contributed by atoms with Crippen LogP contribution in [0.2, 0.25) is 0 Å². The normalized spacial score (nSPS) is 16.9. The Bertz CT molecular complexity index is 417. The molecule has 6 nitrogen and oxygen atoms in total. The van der Waals surface area contributed by atoms with E-state index in [0.717, 1.165) is 30.9 Å². The lowest BCUT2D eigenvalue weighted by molar-refractivity contribution is 0.0159. The third-order valence-electron chi connectivity index (χ3n) is 3.18. The molecule has 1 aliphatic heterocycles. The van der Waals surface area contributed by atoms with Crippen molar-refractivity contribution in [2.75, 3.05) is 36.9 Å². The van der Waals surface area contributed by atoms with Gasteiger partial charge in [-0.2, -0.15) is 4.37 Å². The number of hydrogen-bond acceptors (Lipinski definition) is 7. The number of piperidine rings is 1. The Morgan fingerprint density at radius 2 is 2.15 bits per heavy atom. The van der Waals surface area contributed by atoms with Gasteiger partial charge in [0.2, 0.25) is 0 Å². The van der Waals surface area contributed by atoms with Crippen molar-refractivity contribution < 1.29 is 14.6 Å². The molecule has 0 radical (unpaired) electrons. The molecular formula is C13H23N3O3S. The van der Waals surface area contributed by atoms with Gasteiger partial charge in [-0.15, -0.1) is 0 Å². The average Bonchev–Trinajstić information content (AvgIpc) is 2.78. The van der Waals surface area contributed by atoms with Crippen LogP contribution >= 0.6 is 11.5 Å². The second-order valence-corrected chi connectivity index (χ2v) is 5.90. The van der Waals surface area contributed by atoms with Gasteiger partial charge in [-0.25, -0.2) is 0 Å². The predicted octanol–water partition coefficient (Wildman–Crippen LogP) is 1.49. The first kappa shape index (κ1) is 15.3. The van der Waals surface area contributed by atoms with E-state index in [9.17, 15) is 0 Å². The Labute approximate surface area is 123 Å². The first-order valence-electron chi connectivity index (χ1n) is 7.01. The summed E-state index contributed by atoms with van der Waals surface area (Å²) >= 11 is 1.39. The summed E-state index contributed by atoms with van der Waals surface area (Å²) in [5.74, 6) is 1.18. The molecule has 3 N–H and O–H groups in total. The second kappa shape index (κ2) is 7.10. The highest BCUT2D eigenvalue weighted by molar-refractivity contribution is 7.11. The number of aromatic nitrogens is 1. The molecule has 2 heterocycles. The quantitative estimate of drug-likeness (QED) is 0.828. The molecule has 7 heteroatoms. The summed E-state index contributed by atoms with van der Waals surface area (Å²) in [4.78, 5) is 2.25. The molecule has 1 aromatic heterocycles. The van der Waals surface area contributed by atoms with Gasteiger partial charge >= 0.3 is 0 Å². The first-order chi connectivity index (χ1) is 9.61. The molecule has 0 aromatic carbocycles. The van der Waals surface area contributed by atoms with E-state index in [2.05, 4.69) is 9.27 Å². The molecule has 0 saturated carbocycles. The molecular weight excluding hydrogens is 278 g/mol. The van der Waals surface area contributed by atoms with E-state index >= 15 is 0 Å². The summed E-state index contributed by atoms with van der Waals surface area (Å²) in [5.41, 5.74) is 5.88. The van der Waals surface area contributed by atoms with Crippen molar-refractivity contribution in [3.05, 3.63) is 0 Å². The minimum atomic E-state index is 0.0813. The van der Waals surface area contributed by atoms with Crippen LogP contribution in [0.25, 0.3) is 0 Å². The summed E-state index contributed by atoms with van der Waals surface area (Å²) in [6, 6.07) is 0. The smallest absolute Gasteiger partial charge is 0.198 e. The molecule has 0 atom stereocenters. The zero-order valence-electron chi connectivity index (χ0n) is 12.0. The zero-order valence-corrected chi connectivity index (χ0v) is 12.9. The molecule has 0 unspecified atom stereocenters. The summed E-state index contributed by atoms with van der Waals surface area (Å²) in [6.45, 7) is 6.25. The highest BCUT2D eigenvalue weighted by Crippen LogP contribution is 2.40. The molecule has 1 fully saturated rings. The van der Waals surface area contributed by atoms with Gasteiger partial charge in [0, 0.05) is 13.1 Å². The van der Waals surface area contributed by atoms with E-state index in [1.54, 1.807) is 0 Å². The lowest BCUT2D eigenvalue weighted by Crippen LogP contribution is -2.37. The van der Waals surface area contributed by atoms with Gasteiger partial charge in [0.15, 0.2) is 16.6 Å². The first-order valence-corrected chi connectivity index (χ1v) is 7.78. The number of rotatable bonds is 6. The van der Waals surface area contributed by atoms with Gasteiger partial charge in [0.1, 0.15) is 0 Å². The van der Waals surface area contributed by atoms with E-state index < -0.39 is 0 Å². The fourth-order valence-electron chi connectivity index (χ4n) is 2.28. The van der Waals surface area contributed by atoms with Crippen LogP contribution in [0, 0.1) is 0 Å². The van der Waals surface area contributed by atoms with Gasteiger partial charge in [0.25, 0.3) is 0 Å². The number of hydrogen-bond donors (Lipinski definition) is 2. The number of nitrogens with two attached hydrogens (primary N) is 1. The molecule has 0 aliphatic carbocycles. The average molecular weight is 301 g/mol. The minimum Gasteiger partial charge on any atom is -0.484 e. The van der Waals surface area contributed by atoms with Crippen molar-refractivity contribution in [3.8, 4) is 5.75 Å². The molecule has 1 aliphatic rings. The molecule has 114 valence electrons. The fraction of sp³-hybridized carbons (Fsp3) is 0.769. The van der Waals surface area contributed by atoms with Crippen LogP contribution in [-0.4, -0.2) is 48.0 Å². The Hall–Kier alpha value is -1.05. The maximum Gasteiger partial charge on any atom is 0.198 e. The summed E-state index contributed by atoms with van der Waals surface area (Å²) < 4.78 is 15.6. The highest BCUT2D eigenvalue weighted by atomic mass is 32.1. The standard InChI is InChI=1S/C13H23N3O3S/c1-9(2)19-11-12(14)15-20-13(11)16-5-3-10(4-6-16)18-8-7-17/h9-10,17H,3-8H2,1-2H3,(H2,14,15). The molecule has 20 heavy (non-hydrogen) atoms. The largest absolute Gasteiger partial charge is 0.484 e. The molecule has 1 saturated heterocycles. The maximum atomic E-state index is 8.78. The second-order valence-electron chi connectivity index (χ2n) is 5.15. The Balaban J connectivity index is 1.96. The van der Waals surface area contributed by atoms with Crippen molar-refractivity contribution in [1.29, 1.82) is 0 Å². The van der Waals surface area contributed by atoms with Crippen LogP contribution in [-0.2, 0) is 4.74 Å². The number of aliphatic hydroxyl groups excluding tert-OH is 1. The lowest BCUT2D eigenvalue weighted by Gasteiger charge is -2.32. The highest BCUT2D eigenvalue weighted by Gasteiger charge is 2.25. The SMILES string of the molecule is CC(C)Oc1c(N)nsc1N1CCC(OCCO)CC1. The number of ether oxygens (including phenoxy) is 2. The van der Waals surface area contributed by atoms with Crippen molar-refractivity contribution in [2.24, 2.45) is 0 Å². The Morgan fingerprint density at radius 1 is 1.45 bits per heavy atom. The van der Waals surface area contributed by atoms with Crippen LogP contribution in [0.4, 0.5) is 10.8 Å².